The van der Waals surface area contributed by atoms with Gasteiger partial charge >= 0.3 is 0 Å². The highest BCUT2D eigenvalue weighted by Crippen LogP contribution is 2.31. The lowest BCUT2D eigenvalue weighted by atomic mass is 10.0. The van der Waals surface area contributed by atoms with Gasteiger partial charge in [-0.15, -0.1) is 0 Å². The summed E-state index contributed by atoms with van der Waals surface area (Å²) in [6.45, 7) is 4.29. The molecule has 0 radical (unpaired) electrons. The molecule has 3 N–H and O–H groups in total. The van der Waals surface area contributed by atoms with Gasteiger partial charge in [0.05, 0.1) is 5.70 Å². The SMILES string of the molecule is CCOC(Cc1ccc2oc(CC3=COC(C)(c4ccccc4)N3)cc2c1)C(N)=O. The molecule has 2 heterocycles. The summed E-state index contributed by atoms with van der Waals surface area (Å²) in [6, 6.07) is 17.9. The van der Waals surface area contributed by atoms with E-state index in [4.69, 9.17) is 19.6 Å². The Bertz CT molecular complexity index is 1070. The molecule has 6 heteroatoms. The lowest BCUT2D eigenvalue weighted by Gasteiger charge is -2.25. The summed E-state index contributed by atoms with van der Waals surface area (Å²) in [7, 11) is 0. The fourth-order valence-corrected chi connectivity index (χ4v) is 3.74. The maximum Gasteiger partial charge on any atom is 0.246 e. The first-order chi connectivity index (χ1) is 14.5. The van der Waals surface area contributed by atoms with E-state index in [0.29, 0.717) is 19.4 Å². The van der Waals surface area contributed by atoms with Crippen molar-refractivity contribution in [2.75, 3.05) is 6.61 Å². The third-order valence-corrected chi connectivity index (χ3v) is 5.26. The van der Waals surface area contributed by atoms with E-state index < -0.39 is 17.7 Å². The smallest absolute Gasteiger partial charge is 0.246 e. The van der Waals surface area contributed by atoms with Gasteiger partial charge in [-0.1, -0.05) is 36.4 Å². The van der Waals surface area contributed by atoms with Crippen LogP contribution in [0.4, 0.5) is 0 Å². The van der Waals surface area contributed by atoms with Crippen LogP contribution in [0, 0.1) is 0 Å². The fourth-order valence-electron chi connectivity index (χ4n) is 3.74. The lowest BCUT2D eigenvalue weighted by Crippen LogP contribution is -2.35. The molecule has 1 amide bonds. The van der Waals surface area contributed by atoms with Gasteiger partial charge in [0.15, 0.2) is 0 Å². The summed E-state index contributed by atoms with van der Waals surface area (Å²) in [5, 5.41) is 4.43. The van der Waals surface area contributed by atoms with E-state index in [1.54, 1.807) is 6.26 Å². The standard InChI is InChI=1S/C24H26N2O4/c1-3-28-22(23(25)27)12-16-9-10-21-17(11-16)13-20(30-21)14-19-15-29-24(2,26-19)18-7-5-4-6-8-18/h4-11,13,15,22,26H,3,12,14H2,1-2H3,(H2,25,27). The average Bonchev–Trinajstić information content (AvgIpc) is 3.31. The van der Waals surface area contributed by atoms with Crippen molar-refractivity contribution >= 4 is 16.9 Å². The van der Waals surface area contributed by atoms with Crippen molar-refractivity contribution in [1.29, 1.82) is 0 Å². The van der Waals surface area contributed by atoms with Gasteiger partial charge in [-0.05, 0) is 37.6 Å². The van der Waals surface area contributed by atoms with Crippen LogP contribution in [0.3, 0.4) is 0 Å². The Morgan fingerprint density at radius 3 is 2.73 bits per heavy atom. The molecule has 0 saturated heterocycles. The number of amides is 1. The zero-order valence-corrected chi connectivity index (χ0v) is 17.2. The van der Waals surface area contributed by atoms with Crippen LogP contribution >= 0.6 is 0 Å². The van der Waals surface area contributed by atoms with Crippen LogP contribution in [0.2, 0.25) is 0 Å². The summed E-state index contributed by atoms with van der Waals surface area (Å²) in [5.74, 6) is 0.378. The number of ether oxygens (including phenoxy) is 2. The molecule has 156 valence electrons. The minimum atomic E-state index is -0.625. The lowest BCUT2D eigenvalue weighted by molar-refractivity contribution is -0.129. The highest BCUT2D eigenvalue weighted by molar-refractivity contribution is 5.81. The third kappa shape index (κ3) is 4.19. The number of benzene rings is 2. The van der Waals surface area contributed by atoms with Crippen LogP contribution < -0.4 is 11.1 Å². The highest BCUT2D eigenvalue weighted by atomic mass is 16.5. The molecule has 0 aliphatic carbocycles. The normalized spacial score (nSPS) is 19.2. The number of nitrogens with one attached hydrogen (secondary N) is 1. The molecule has 4 rings (SSSR count). The highest BCUT2D eigenvalue weighted by Gasteiger charge is 2.33. The summed E-state index contributed by atoms with van der Waals surface area (Å²) in [6.07, 6.45) is 2.16. The molecular formula is C24H26N2O4. The van der Waals surface area contributed by atoms with E-state index >= 15 is 0 Å². The predicted molar refractivity (Wildman–Crippen MR) is 114 cm³/mol. The Balaban J connectivity index is 1.46. The minimum Gasteiger partial charge on any atom is -0.470 e. The Morgan fingerprint density at radius 1 is 1.20 bits per heavy atom. The molecule has 0 spiro atoms. The number of primary amides is 1. The topological polar surface area (TPSA) is 86.7 Å². The maximum atomic E-state index is 11.6. The molecular weight excluding hydrogens is 380 g/mol. The van der Waals surface area contributed by atoms with E-state index in [9.17, 15) is 4.79 Å². The van der Waals surface area contributed by atoms with Crippen molar-refractivity contribution in [2.45, 2.75) is 38.5 Å². The molecule has 30 heavy (non-hydrogen) atoms. The molecule has 1 aromatic heterocycles. The number of carbonyl (C=O) groups excluding carboxylic acids is 1. The van der Waals surface area contributed by atoms with Crippen LogP contribution in [0.15, 0.2) is 71.0 Å². The number of fused-ring (bicyclic) bond motifs is 1. The molecule has 0 bridgehead atoms. The number of nitrogens with two attached hydrogens (primary N) is 1. The number of rotatable bonds is 8. The van der Waals surface area contributed by atoms with Gasteiger partial charge in [0.1, 0.15) is 23.7 Å². The van der Waals surface area contributed by atoms with E-state index in [0.717, 1.165) is 33.6 Å². The Labute approximate surface area is 175 Å². The zero-order valence-electron chi connectivity index (χ0n) is 17.2. The van der Waals surface area contributed by atoms with Crippen molar-refractivity contribution in [3.05, 3.63) is 83.4 Å². The Morgan fingerprint density at radius 2 is 2.00 bits per heavy atom. The van der Waals surface area contributed by atoms with Crippen LogP contribution in [0.5, 0.6) is 0 Å². The third-order valence-electron chi connectivity index (χ3n) is 5.26. The monoisotopic (exact) mass is 406 g/mol. The van der Waals surface area contributed by atoms with E-state index in [1.165, 1.54) is 0 Å². The van der Waals surface area contributed by atoms with Crippen molar-refractivity contribution in [2.24, 2.45) is 5.73 Å². The van der Waals surface area contributed by atoms with Gasteiger partial charge in [0, 0.05) is 30.4 Å². The van der Waals surface area contributed by atoms with E-state index in [-0.39, 0.29) is 0 Å². The molecule has 6 nitrogen and oxygen atoms in total. The first kappa shape index (κ1) is 20.0. The number of carbonyl (C=O) groups is 1. The summed E-state index contributed by atoms with van der Waals surface area (Å²) >= 11 is 0. The Kier molecular flexibility index (Phi) is 5.50. The second-order valence-corrected chi connectivity index (χ2v) is 7.60. The van der Waals surface area contributed by atoms with Gasteiger partial charge in [-0.2, -0.15) is 0 Å². The Hall–Kier alpha value is -3.25. The molecule has 1 aliphatic heterocycles. The first-order valence-corrected chi connectivity index (χ1v) is 10.1. The molecule has 2 atom stereocenters. The number of furan rings is 1. The number of hydrogen-bond donors (Lipinski definition) is 2. The zero-order chi connectivity index (χ0) is 21.1. The van der Waals surface area contributed by atoms with E-state index in [2.05, 4.69) is 5.32 Å². The average molecular weight is 406 g/mol. The maximum absolute atomic E-state index is 11.6. The largest absolute Gasteiger partial charge is 0.470 e. The molecule has 0 fully saturated rings. The molecule has 2 unspecified atom stereocenters. The molecule has 2 aromatic carbocycles. The van der Waals surface area contributed by atoms with Gasteiger partial charge in [0.25, 0.3) is 0 Å². The predicted octanol–water partition coefficient (Wildman–Crippen LogP) is 3.74. The number of allylic oxidation sites excluding steroid dienone is 1. The van der Waals surface area contributed by atoms with E-state index in [1.807, 2.05) is 68.4 Å². The first-order valence-electron chi connectivity index (χ1n) is 10.1. The van der Waals surface area contributed by atoms with Crippen LogP contribution in [-0.2, 0) is 32.8 Å². The van der Waals surface area contributed by atoms with Crippen LogP contribution in [0.25, 0.3) is 11.0 Å². The molecule has 1 aliphatic rings. The summed E-state index contributed by atoms with van der Waals surface area (Å²) in [5.41, 5.74) is 8.63. The van der Waals surface area contributed by atoms with Gasteiger partial charge < -0.3 is 24.9 Å². The quantitative estimate of drug-likeness (QED) is 0.595. The van der Waals surface area contributed by atoms with Crippen molar-refractivity contribution in [1.82, 2.24) is 5.32 Å². The van der Waals surface area contributed by atoms with Gasteiger partial charge in [0.2, 0.25) is 11.6 Å². The summed E-state index contributed by atoms with van der Waals surface area (Å²) in [4.78, 5) is 11.6. The van der Waals surface area contributed by atoms with Crippen molar-refractivity contribution in [3.8, 4) is 0 Å². The molecule has 0 saturated carbocycles. The number of hydrogen-bond acceptors (Lipinski definition) is 5. The van der Waals surface area contributed by atoms with Crippen LogP contribution in [-0.4, -0.2) is 18.6 Å². The molecule has 3 aromatic rings. The van der Waals surface area contributed by atoms with Crippen molar-refractivity contribution in [3.63, 3.8) is 0 Å². The van der Waals surface area contributed by atoms with Crippen LogP contribution in [0.1, 0.15) is 30.7 Å². The second-order valence-electron chi connectivity index (χ2n) is 7.60. The summed E-state index contributed by atoms with van der Waals surface area (Å²) < 4.78 is 17.4. The van der Waals surface area contributed by atoms with Gasteiger partial charge in [-0.3, -0.25) is 4.79 Å². The van der Waals surface area contributed by atoms with Crippen molar-refractivity contribution < 1.29 is 18.7 Å². The minimum absolute atomic E-state index is 0.440. The fraction of sp³-hybridized carbons (Fsp3) is 0.292. The van der Waals surface area contributed by atoms with Gasteiger partial charge in [-0.25, -0.2) is 0 Å². The second kappa shape index (κ2) is 8.24.